The maximum atomic E-state index is 11.5. The minimum Gasteiger partial charge on any atom is -0.334 e. The number of hydrogen-bond donors (Lipinski definition) is 2. The highest BCUT2D eigenvalue weighted by Gasteiger charge is 2.19. The molecule has 9 heteroatoms. The Morgan fingerprint density at radius 1 is 1.10 bits per heavy atom. The van der Waals surface area contributed by atoms with E-state index in [9.17, 15) is 10.1 Å². The van der Waals surface area contributed by atoms with Crippen LogP contribution in [0.5, 0.6) is 0 Å². The second-order valence-electron chi connectivity index (χ2n) is 6.62. The lowest BCUT2D eigenvalue weighted by Gasteiger charge is -2.14. The number of nitrogens with one attached hydrogen (secondary N) is 2. The third-order valence-electron chi connectivity index (χ3n) is 4.39. The Kier molecular flexibility index (Phi) is 6.19. The summed E-state index contributed by atoms with van der Waals surface area (Å²) in [7, 11) is 0. The lowest BCUT2D eigenvalue weighted by molar-refractivity contribution is -0.384. The molecule has 3 rings (SSSR count). The van der Waals surface area contributed by atoms with Crippen molar-refractivity contribution >= 4 is 34.9 Å². The lowest BCUT2D eigenvalue weighted by Crippen LogP contribution is -2.06. The maximum Gasteiger partial charge on any atom is 0.329 e. The fourth-order valence-electron chi connectivity index (χ4n) is 2.96. The van der Waals surface area contributed by atoms with Crippen LogP contribution in [0.3, 0.4) is 0 Å². The van der Waals surface area contributed by atoms with Gasteiger partial charge < -0.3 is 10.6 Å². The van der Waals surface area contributed by atoms with Crippen LogP contribution in [0, 0.1) is 46.6 Å². The number of benzene rings is 2. The third kappa shape index (κ3) is 5.00. The molecule has 0 atom stereocenters. The second kappa shape index (κ2) is 9.16. The van der Waals surface area contributed by atoms with Crippen molar-refractivity contribution in [2.24, 2.45) is 0 Å². The smallest absolute Gasteiger partial charge is 0.329 e. The standard InChI is InChI=1S/C22H17N7O2/c1-14-10-17(4-3-9-23)11-15(2)20(14)27-21-19(29(30)31)13-25-22(28-21)26-18-7-5-16(12-24)6-8-18/h3-8,10-11,13H,1-2H3,(H2,25,26,27,28). The van der Waals surface area contributed by atoms with Crippen molar-refractivity contribution in [3.63, 3.8) is 0 Å². The Hall–Kier alpha value is -4.76. The Bertz CT molecular complexity index is 1230. The average Bonchev–Trinajstić information content (AvgIpc) is 2.75. The molecule has 0 saturated heterocycles. The number of hydrogen-bond acceptors (Lipinski definition) is 8. The van der Waals surface area contributed by atoms with E-state index in [1.54, 1.807) is 30.3 Å². The topological polar surface area (TPSA) is 141 Å². The summed E-state index contributed by atoms with van der Waals surface area (Å²) in [6.45, 7) is 3.73. The van der Waals surface area contributed by atoms with Gasteiger partial charge in [-0.2, -0.15) is 15.5 Å². The molecule has 31 heavy (non-hydrogen) atoms. The first-order chi connectivity index (χ1) is 14.9. The molecule has 2 N–H and O–H groups in total. The van der Waals surface area contributed by atoms with Crippen LogP contribution in [-0.4, -0.2) is 14.9 Å². The van der Waals surface area contributed by atoms with Crippen LogP contribution >= 0.6 is 0 Å². The number of nitrogens with zero attached hydrogens (tertiary/aromatic N) is 5. The molecule has 9 nitrogen and oxygen atoms in total. The van der Waals surface area contributed by atoms with Crippen molar-refractivity contribution in [2.75, 3.05) is 10.6 Å². The number of aryl methyl sites for hydroxylation is 2. The van der Waals surface area contributed by atoms with E-state index in [0.717, 1.165) is 22.9 Å². The summed E-state index contributed by atoms with van der Waals surface area (Å²) < 4.78 is 0. The summed E-state index contributed by atoms with van der Waals surface area (Å²) in [6.07, 6.45) is 4.21. The van der Waals surface area contributed by atoms with Crippen molar-refractivity contribution in [1.82, 2.24) is 9.97 Å². The molecule has 0 aliphatic heterocycles. The molecule has 0 radical (unpaired) electrons. The SMILES string of the molecule is Cc1cc(C=CC#N)cc(C)c1Nc1nc(Nc2ccc(C#N)cc2)ncc1[N+](=O)[O-]. The van der Waals surface area contributed by atoms with Crippen LogP contribution in [0.2, 0.25) is 0 Å². The molecule has 1 heterocycles. The van der Waals surface area contributed by atoms with E-state index in [2.05, 4.69) is 20.6 Å². The van der Waals surface area contributed by atoms with Crippen LogP contribution in [0.15, 0.2) is 48.7 Å². The zero-order valence-corrected chi connectivity index (χ0v) is 16.7. The van der Waals surface area contributed by atoms with Gasteiger partial charge in [0.05, 0.1) is 22.6 Å². The van der Waals surface area contributed by atoms with Gasteiger partial charge in [0.25, 0.3) is 0 Å². The molecule has 0 aliphatic carbocycles. The Balaban J connectivity index is 1.95. The van der Waals surface area contributed by atoms with E-state index in [0.29, 0.717) is 16.9 Å². The summed E-state index contributed by atoms with van der Waals surface area (Å²) in [4.78, 5) is 19.2. The van der Waals surface area contributed by atoms with E-state index < -0.39 is 4.92 Å². The van der Waals surface area contributed by atoms with E-state index in [4.69, 9.17) is 10.5 Å². The van der Waals surface area contributed by atoms with Crippen molar-refractivity contribution in [3.05, 3.63) is 81.0 Å². The number of rotatable bonds is 6. The maximum absolute atomic E-state index is 11.5. The van der Waals surface area contributed by atoms with Gasteiger partial charge in [-0.25, -0.2) is 4.98 Å². The minimum absolute atomic E-state index is 0.0441. The van der Waals surface area contributed by atoms with Crippen LogP contribution in [-0.2, 0) is 0 Å². The average molecular weight is 411 g/mol. The molecule has 0 aliphatic rings. The molecule has 152 valence electrons. The zero-order chi connectivity index (χ0) is 22.4. The number of nitriles is 2. The second-order valence-corrected chi connectivity index (χ2v) is 6.62. The highest BCUT2D eigenvalue weighted by molar-refractivity contribution is 5.73. The Labute approximate surface area is 178 Å². The van der Waals surface area contributed by atoms with E-state index >= 15 is 0 Å². The molecule has 0 amide bonds. The Morgan fingerprint density at radius 2 is 1.77 bits per heavy atom. The molecule has 0 saturated carbocycles. The van der Waals surface area contributed by atoms with Gasteiger partial charge in [-0.3, -0.25) is 10.1 Å². The van der Waals surface area contributed by atoms with E-state index in [1.807, 2.05) is 38.1 Å². The summed E-state index contributed by atoms with van der Waals surface area (Å²) in [5.74, 6) is 0.212. The summed E-state index contributed by atoms with van der Waals surface area (Å²) in [6, 6.07) is 14.4. The van der Waals surface area contributed by atoms with Crippen molar-refractivity contribution in [2.45, 2.75) is 13.8 Å². The number of nitro groups is 1. The summed E-state index contributed by atoms with van der Waals surface area (Å²) in [5, 5.41) is 35.1. The van der Waals surface area contributed by atoms with Crippen LogP contribution in [0.4, 0.5) is 28.8 Å². The minimum atomic E-state index is -0.553. The predicted molar refractivity (Wildman–Crippen MR) is 117 cm³/mol. The number of aromatic nitrogens is 2. The molecule has 0 bridgehead atoms. The fraction of sp³-hybridized carbons (Fsp3) is 0.0909. The van der Waals surface area contributed by atoms with Gasteiger partial charge in [0.2, 0.25) is 11.8 Å². The lowest BCUT2D eigenvalue weighted by atomic mass is 10.0. The molecular weight excluding hydrogens is 394 g/mol. The monoisotopic (exact) mass is 411 g/mol. The molecule has 1 aromatic heterocycles. The van der Waals surface area contributed by atoms with Gasteiger partial charge in [0.1, 0.15) is 6.20 Å². The first-order valence-electron chi connectivity index (χ1n) is 9.14. The zero-order valence-electron chi connectivity index (χ0n) is 16.7. The quantitative estimate of drug-likeness (QED) is 0.331. The first kappa shape index (κ1) is 21.0. The number of anilines is 4. The summed E-state index contributed by atoms with van der Waals surface area (Å²) >= 11 is 0. The third-order valence-corrected chi connectivity index (χ3v) is 4.39. The summed E-state index contributed by atoms with van der Waals surface area (Å²) in [5.41, 5.74) is 4.09. The van der Waals surface area contributed by atoms with Gasteiger partial charge in [-0.05, 0) is 73.0 Å². The van der Waals surface area contributed by atoms with Gasteiger partial charge >= 0.3 is 5.69 Å². The Morgan fingerprint density at radius 3 is 2.35 bits per heavy atom. The van der Waals surface area contributed by atoms with E-state index in [1.165, 1.54) is 6.08 Å². The largest absolute Gasteiger partial charge is 0.334 e. The van der Waals surface area contributed by atoms with Crippen molar-refractivity contribution in [3.8, 4) is 12.1 Å². The molecule has 3 aromatic rings. The molecule has 0 spiro atoms. The van der Waals surface area contributed by atoms with Gasteiger partial charge in [-0.15, -0.1) is 0 Å². The molecular formula is C22H17N7O2. The van der Waals surface area contributed by atoms with Gasteiger partial charge in [0.15, 0.2) is 0 Å². The van der Waals surface area contributed by atoms with Crippen LogP contribution in [0.1, 0.15) is 22.3 Å². The first-order valence-corrected chi connectivity index (χ1v) is 9.14. The van der Waals surface area contributed by atoms with Crippen molar-refractivity contribution in [1.29, 1.82) is 10.5 Å². The normalized spacial score (nSPS) is 10.3. The van der Waals surface area contributed by atoms with Crippen molar-refractivity contribution < 1.29 is 4.92 Å². The highest BCUT2D eigenvalue weighted by atomic mass is 16.6. The van der Waals surface area contributed by atoms with Crippen LogP contribution in [0.25, 0.3) is 6.08 Å². The van der Waals surface area contributed by atoms with Gasteiger partial charge in [0, 0.05) is 17.5 Å². The van der Waals surface area contributed by atoms with E-state index in [-0.39, 0.29) is 17.5 Å². The van der Waals surface area contributed by atoms with Crippen LogP contribution < -0.4 is 10.6 Å². The molecule has 0 fully saturated rings. The highest BCUT2D eigenvalue weighted by Crippen LogP contribution is 2.31. The molecule has 2 aromatic carbocycles. The van der Waals surface area contributed by atoms with Gasteiger partial charge in [-0.1, -0.05) is 0 Å². The predicted octanol–water partition coefficient (Wildman–Crippen LogP) is 4.90. The molecule has 0 unspecified atom stereocenters. The fourth-order valence-corrected chi connectivity index (χ4v) is 2.96. The number of allylic oxidation sites excluding steroid dienone is 1.